The van der Waals surface area contributed by atoms with Crippen LogP contribution in [-0.4, -0.2) is 12.1 Å². The number of aryl methyl sites for hydroxylation is 1. The number of nitrogens with one attached hydrogen (secondary N) is 1. The summed E-state index contributed by atoms with van der Waals surface area (Å²) in [6, 6.07) is 3.11. The number of amides is 1. The Labute approximate surface area is 77.9 Å². The maximum absolute atomic E-state index is 11.7. The molecule has 0 unspecified atom stereocenters. The van der Waals surface area contributed by atoms with Crippen LogP contribution in [0.3, 0.4) is 0 Å². The van der Waals surface area contributed by atoms with Gasteiger partial charge in [0.2, 0.25) is 0 Å². The van der Waals surface area contributed by atoms with Gasteiger partial charge in [-0.05, 0) is 19.1 Å². The van der Waals surface area contributed by atoms with Gasteiger partial charge in [-0.3, -0.25) is 4.79 Å². The van der Waals surface area contributed by atoms with E-state index in [9.17, 15) is 18.0 Å². The SMILES string of the molecule is Cc1ccc(CNC(=O)C(F)(F)F)o1. The lowest BCUT2D eigenvalue weighted by molar-refractivity contribution is -0.173. The van der Waals surface area contributed by atoms with Crippen LogP contribution >= 0.6 is 0 Å². The smallest absolute Gasteiger partial charge is 0.465 e. The van der Waals surface area contributed by atoms with E-state index in [0.717, 1.165) is 0 Å². The van der Waals surface area contributed by atoms with Crippen LogP contribution in [0.1, 0.15) is 11.5 Å². The monoisotopic (exact) mass is 207 g/mol. The van der Waals surface area contributed by atoms with Crippen LogP contribution in [-0.2, 0) is 11.3 Å². The predicted molar refractivity (Wildman–Crippen MR) is 41.3 cm³/mol. The molecule has 1 aromatic rings. The number of carbonyl (C=O) groups is 1. The lowest BCUT2D eigenvalue weighted by atomic mass is 10.4. The first kappa shape index (κ1) is 10.6. The van der Waals surface area contributed by atoms with Gasteiger partial charge in [-0.1, -0.05) is 0 Å². The van der Waals surface area contributed by atoms with Crippen molar-refractivity contribution in [2.75, 3.05) is 0 Å². The summed E-state index contributed by atoms with van der Waals surface area (Å²) in [6.07, 6.45) is -4.85. The highest BCUT2D eigenvalue weighted by molar-refractivity contribution is 5.81. The lowest BCUT2D eigenvalue weighted by Crippen LogP contribution is -2.36. The molecule has 0 saturated carbocycles. The van der Waals surface area contributed by atoms with E-state index in [0.29, 0.717) is 11.5 Å². The van der Waals surface area contributed by atoms with Gasteiger partial charge < -0.3 is 9.73 Å². The van der Waals surface area contributed by atoms with Gasteiger partial charge in [0, 0.05) is 0 Å². The van der Waals surface area contributed by atoms with Crippen LogP contribution in [0.4, 0.5) is 13.2 Å². The van der Waals surface area contributed by atoms with Gasteiger partial charge in [-0.25, -0.2) is 0 Å². The van der Waals surface area contributed by atoms with Crippen molar-refractivity contribution in [3.05, 3.63) is 23.7 Å². The molecule has 0 atom stereocenters. The molecule has 1 heterocycles. The van der Waals surface area contributed by atoms with Crippen molar-refractivity contribution >= 4 is 5.91 Å². The minimum absolute atomic E-state index is 0.258. The summed E-state index contributed by atoms with van der Waals surface area (Å²) in [6.45, 7) is 1.40. The third kappa shape index (κ3) is 2.79. The number of alkyl halides is 3. The van der Waals surface area contributed by atoms with Gasteiger partial charge in [0.1, 0.15) is 11.5 Å². The Kier molecular flexibility index (Phi) is 2.83. The summed E-state index contributed by atoms with van der Waals surface area (Å²) in [5.74, 6) is -1.09. The van der Waals surface area contributed by atoms with E-state index >= 15 is 0 Å². The zero-order valence-corrected chi connectivity index (χ0v) is 7.31. The highest BCUT2D eigenvalue weighted by Gasteiger charge is 2.38. The van der Waals surface area contributed by atoms with Crippen LogP contribution in [0.15, 0.2) is 16.5 Å². The molecule has 0 aliphatic carbocycles. The molecule has 6 heteroatoms. The molecule has 0 spiro atoms. The number of halogens is 3. The Balaban J connectivity index is 2.46. The van der Waals surface area contributed by atoms with E-state index in [1.807, 2.05) is 0 Å². The summed E-state index contributed by atoms with van der Waals surface area (Å²) in [5.41, 5.74) is 0. The molecule has 1 N–H and O–H groups in total. The van der Waals surface area contributed by atoms with Crippen LogP contribution in [0.5, 0.6) is 0 Å². The number of furan rings is 1. The quantitative estimate of drug-likeness (QED) is 0.802. The van der Waals surface area contributed by atoms with E-state index in [1.165, 1.54) is 6.07 Å². The number of hydrogen-bond donors (Lipinski definition) is 1. The minimum Gasteiger partial charge on any atom is -0.465 e. The van der Waals surface area contributed by atoms with Crippen molar-refractivity contribution in [3.63, 3.8) is 0 Å². The van der Waals surface area contributed by atoms with Crippen molar-refractivity contribution in [1.82, 2.24) is 5.32 Å². The van der Waals surface area contributed by atoms with Crippen molar-refractivity contribution in [2.45, 2.75) is 19.6 Å². The van der Waals surface area contributed by atoms with Gasteiger partial charge in [-0.2, -0.15) is 13.2 Å². The molecular formula is C8H8F3NO2. The highest BCUT2D eigenvalue weighted by atomic mass is 19.4. The summed E-state index contributed by atoms with van der Waals surface area (Å²) >= 11 is 0. The number of hydrogen-bond acceptors (Lipinski definition) is 2. The molecule has 0 aliphatic heterocycles. The second-order valence-corrected chi connectivity index (χ2v) is 2.69. The van der Waals surface area contributed by atoms with Gasteiger partial charge in [0.15, 0.2) is 0 Å². The van der Waals surface area contributed by atoms with Crippen molar-refractivity contribution in [1.29, 1.82) is 0 Å². The van der Waals surface area contributed by atoms with E-state index in [-0.39, 0.29) is 6.54 Å². The highest BCUT2D eigenvalue weighted by Crippen LogP contribution is 2.14. The van der Waals surface area contributed by atoms with Gasteiger partial charge in [-0.15, -0.1) is 0 Å². The number of rotatable bonds is 2. The minimum atomic E-state index is -4.85. The summed E-state index contributed by atoms with van der Waals surface area (Å²) in [5, 5.41) is 1.69. The molecule has 1 amide bonds. The average Bonchev–Trinajstić information content (AvgIpc) is 2.45. The molecule has 78 valence electrons. The first-order chi connectivity index (χ1) is 6.39. The van der Waals surface area contributed by atoms with Crippen LogP contribution in [0, 0.1) is 6.92 Å². The van der Waals surface area contributed by atoms with E-state index < -0.39 is 12.1 Å². The summed E-state index contributed by atoms with van der Waals surface area (Å²) in [4.78, 5) is 10.4. The molecule has 1 aromatic heterocycles. The second-order valence-electron chi connectivity index (χ2n) is 2.69. The van der Waals surface area contributed by atoms with Crippen molar-refractivity contribution in [2.24, 2.45) is 0 Å². The molecule has 0 fully saturated rings. The van der Waals surface area contributed by atoms with Crippen molar-refractivity contribution < 1.29 is 22.4 Å². The zero-order chi connectivity index (χ0) is 10.8. The van der Waals surface area contributed by atoms with Gasteiger partial charge in [0.25, 0.3) is 0 Å². The normalized spacial score (nSPS) is 11.4. The maximum Gasteiger partial charge on any atom is 0.471 e. The Morgan fingerprint density at radius 3 is 2.57 bits per heavy atom. The van der Waals surface area contributed by atoms with Crippen LogP contribution in [0.2, 0.25) is 0 Å². The van der Waals surface area contributed by atoms with E-state index in [1.54, 1.807) is 18.3 Å². The standard InChI is InChI=1S/C8H8F3NO2/c1-5-2-3-6(14-5)4-12-7(13)8(9,10)11/h2-3H,4H2,1H3,(H,12,13). The number of carbonyl (C=O) groups excluding carboxylic acids is 1. The van der Waals surface area contributed by atoms with Gasteiger partial charge >= 0.3 is 12.1 Å². The van der Waals surface area contributed by atoms with Crippen LogP contribution < -0.4 is 5.32 Å². The molecular weight excluding hydrogens is 199 g/mol. The average molecular weight is 207 g/mol. The maximum atomic E-state index is 11.7. The van der Waals surface area contributed by atoms with E-state index in [2.05, 4.69) is 0 Å². The topological polar surface area (TPSA) is 42.2 Å². The second kappa shape index (κ2) is 3.73. The molecule has 3 nitrogen and oxygen atoms in total. The Morgan fingerprint density at radius 1 is 1.50 bits per heavy atom. The Hall–Kier alpha value is -1.46. The molecule has 0 saturated heterocycles. The third-order valence-corrected chi connectivity index (χ3v) is 1.48. The largest absolute Gasteiger partial charge is 0.471 e. The first-order valence-electron chi connectivity index (χ1n) is 3.80. The van der Waals surface area contributed by atoms with Crippen molar-refractivity contribution in [3.8, 4) is 0 Å². The molecule has 14 heavy (non-hydrogen) atoms. The molecule has 0 bridgehead atoms. The van der Waals surface area contributed by atoms with Gasteiger partial charge in [0.05, 0.1) is 6.54 Å². The molecule has 0 radical (unpaired) electrons. The lowest BCUT2D eigenvalue weighted by Gasteiger charge is -2.05. The molecule has 0 aromatic carbocycles. The Bertz CT molecular complexity index is 330. The first-order valence-corrected chi connectivity index (χ1v) is 3.80. The fourth-order valence-corrected chi connectivity index (χ4v) is 0.848. The molecule has 0 aliphatic rings. The summed E-state index contributed by atoms with van der Waals surface area (Å²) < 4.78 is 40.1. The molecule has 1 rings (SSSR count). The Morgan fingerprint density at radius 2 is 2.14 bits per heavy atom. The fourth-order valence-electron chi connectivity index (χ4n) is 0.848. The fraction of sp³-hybridized carbons (Fsp3) is 0.375. The van der Waals surface area contributed by atoms with Crippen LogP contribution in [0.25, 0.3) is 0 Å². The zero-order valence-electron chi connectivity index (χ0n) is 7.31. The predicted octanol–water partition coefficient (Wildman–Crippen LogP) is 1.77. The third-order valence-electron chi connectivity index (χ3n) is 1.48. The summed E-state index contributed by atoms with van der Waals surface area (Å²) in [7, 11) is 0. The van der Waals surface area contributed by atoms with E-state index in [4.69, 9.17) is 4.42 Å².